The number of carbonyl (C=O) groups excluding carboxylic acids is 2. The van der Waals surface area contributed by atoms with Crippen LogP contribution < -0.4 is 10.0 Å². The number of likely N-dealkylation sites (N-methyl/N-ethyl adjacent to an activating group) is 1. The zero-order valence-corrected chi connectivity index (χ0v) is 11.1. The number of piperazine rings is 1. The maximum absolute atomic E-state index is 12.6. The largest absolute Gasteiger partial charge is 0.550 e. The lowest BCUT2D eigenvalue weighted by Gasteiger charge is -2.35. The highest BCUT2D eigenvalue weighted by atomic mass is 16.5. The standard InChI is InChI=1S/C13H20N2O4/c1-14-4-6-15(7-5-14)12(16)10-8-2-3-9(19-8)11(10)13(17)18/h8-11H,2-7H2,1H3,(H,17,18)/t8-,9+,10+,11-/m1/s1. The first-order valence-corrected chi connectivity index (χ1v) is 7.04. The zero-order valence-electron chi connectivity index (χ0n) is 11.1. The molecule has 3 heterocycles. The molecule has 0 spiro atoms. The van der Waals surface area contributed by atoms with Gasteiger partial charge in [-0.3, -0.25) is 4.79 Å². The molecule has 106 valence electrons. The molecule has 0 radical (unpaired) electrons. The first-order valence-electron chi connectivity index (χ1n) is 7.04. The van der Waals surface area contributed by atoms with E-state index in [0.717, 1.165) is 25.9 Å². The molecule has 1 N–H and O–H groups in total. The number of rotatable bonds is 2. The van der Waals surface area contributed by atoms with E-state index in [-0.39, 0.29) is 18.1 Å². The van der Waals surface area contributed by atoms with Gasteiger partial charge in [-0.1, -0.05) is 0 Å². The van der Waals surface area contributed by atoms with Crippen molar-refractivity contribution in [1.82, 2.24) is 4.90 Å². The van der Waals surface area contributed by atoms with Crippen LogP contribution >= 0.6 is 0 Å². The molecule has 6 nitrogen and oxygen atoms in total. The average molecular weight is 268 g/mol. The molecule has 3 saturated heterocycles. The fourth-order valence-corrected chi connectivity index (χ4v) is 3.61. The molecule has 3 rings (SSSR count). The highest BCUT2D eigenvalue weighted by Gasteiger charge is 2.53. The maximum Gasteiger partial charge on any atom is 0.229 e. The van der Waals surface area contributed by atoms with Crippen molar-refractivity contribution in [2.75, 3.05) is 33.2 Å². The molecular weight excluding hydrogens is 248 g/mol. The highest BCUT2D eigenvalue weighted by molar-refractivity contribution is 5.86. The Morgan fingerprint density at radius 3 is 2.32 bits per heavy atom. The monoisotopic (exact) mass is 268 g/mol. The Morgan fingerprint density at radius 1 is 1.16 bits per heavy atom. The summed E-state index contributed by atoms with van der Waals surface area (Å²) in [7, 11) is 2.10. The van der Waals surface area contributed by atoms with E-state index in [1.807, 2.05) is 0 Å². The Morgan fingerprint density at radius 2 is 1.74 bits per heavy atom. The Bertz CT molecular complexity index is 392. The Labute approximate surface area is 112 Å². The van der Waals surface area contributed by atoms with Crippen LogP contribution in [-0.4, -0.2) is 62.2 Å². The van der Waals surface area contributed by atoms with Crippen LogP contribution in [0.1, 0.15) is 12.8 Å². The quantitative estimate of drug-likeness (QED) is 0.575. The number of carbonyl (C=O) groups is 2. The van der Waals surface area contributed by atoms with Crippen LogP contribution in [0.3, 0.4) is 0 Å². The van der Waals surface area contributed by atoms with Crippen molar-refractivity contribution >= 4 is 11.9 Å². The van der Waals surface area contributed by atoms with Crippen molar-refractivity contribution in [3.05, 3.63) is 0 Å². The van der Waals surface area contributed by atoms with Gasteiger partial charge >= 0.3 is 0 Å². The molecule has 0 aromatic carbocycles. The topological polar surface area (TPSA) is 74.1 Å². The van der Waals surface area contributed by atoms with Gasteiger partial charge in [0.1, 0.15) is 0 Å². The first kappa shape index (κ1) is 12.9. The van der Waals surface area contributed by atoms with E-state index in [1.54, 1.807) is 4.90 Å². The van der Waals surface area contributed by atoms with Gasteiger partial charge in [-0.05, 0) is 12.8 Å². The summed E-state index contributed by atoms with van der Waals surface area (Å²) >= 11 is 0. The molecule has 6 heteroatoms. The van der Waals surface area contributed by atoms with Crippen LogP contribution in [0.25, 0.3) is 0 Å². The molecule has 0 aliphatic carbocycles. The third-order valence-corrected chi connectivity index (χ3v) is 4.76. The lowest BCUT2D eigenvalue weighted by atomic mass is 9.78. The average Bonchev–Trinajstić information content (AvgIpc) is 2.98. The molecule has 0 aromatic heterocycles. The van der Waals surface area contributed by atoms with Gasteiger partial charge in [0.15, 0.2) is 0 Å². The first-order chi connectivity index (χ1) is 9.08. The molecule has 3 fully saturated rings. The lowest BCUT2D eigenvalue weighted by Crippen LogP contribution is -3.12. The summed E-state index contributed by atoms with van der Waals surface area (Å²) < 4.78 is 5.62. The summed E-state index contributed by atoms with van der Waals surface area (Å²) in [6.07, 6.45) is 0.999. The van der Waals surface area contributed by atoms with Crippen molar-refractivity contribution in [2.45, 2.75) is 25.0 Å². The van der Waals surface area contributed by atoms with Crippen LogP contribution in [0.15, 0.2) is 0 Å². The van der Waals surface area contributed by atoms with Crippen molar-refractivity contribution in [3.8, 4) is 0 Å². The molecular formula is C13H20N2O4. The number of hydrogen-bond donors (Lipinski definition) is 1. The summed E-state index contributed by atoms with van der Waals surface area (Å²) in [5.41, 5.74) is 0. The van der Waals surface area contributed by atoms with E-state index in [2.05, 4.69) is 7.05 Å². The van der Waals surface area contributed by atoms with E-state index in [1.165, 1.54) is 4.90 Å². The predicted octanol–water partition coefficient (Wildman–Crippen LogP) is -3.11. The zero-order chi connectivity index (χ0) is 13.6. The van der Waals surface area contributed by atoms with Crippen LogP contribution in [-0.2, 0) is 14.3 Å². The number of quaternary nitrogens is 1. The molecule has 3 aliphatic rings. The maximum atomic E-state index is 12.6. The van der Waals surface area contributed by atoms with Gasteiger partial charge in [0, 0.05) is 11.9 Å². The van der Waals surface area contributed by atoms with Crippen molar-refractivity contribution in [2.24, 2.45) is 11.8 Å². The Balaban J connectivity index is 1.73. The fourth-order valence-electron chi connectivity index (χ4n) is 3.61. The second-order valence-electron chi connectivity index (χ2n) is 5.94. The molecule has 19 heavy (non-hydrogen) atoms. The summed E-state index contributed by atoms with van der Waals surface area (Å²) in [6, 6.07) is 0. The van der Waals surface area contributed by atoms with Crippen molar-refractivity contribution in [1.29, 1.82) is 0 Å². The van der Waals surface area contributed by atoms with E-state index < -0.39 is 17.8 Å². The molecule has 3 aliphatic heterocycles. The fraction of sp³-hybridized carbons (Fsp3) is 0.846. The minimum atomic E-state index is -1.13. The van der Waals surface area contributed by atoms with Gasteiger partial charge in [0.2, 0.25) is 5.91 Å². The minimum absolute atomic E-state index is 0.0473. The van der Waals surface area contributed by atoms with Crippen molar-refractivity contribution < 1.29 is 24.3 Å². The van der Waals surface area contributed by atoms with Gasteiger partial charge in [-0.25, -0.2) is 0 Å². The highest BCUT2D eigenvalue weighted by Crippen LogP contribution is 2.44. The van der Waals surface area contributed by atoms with E-state index >= 15 is 0 Å². The molecule has 0 unspecified atom stereocenters. The van der Waals surface area contributed by atoms with Gasteiger partial charge in [0.05, 0.1) is 51.4 Å². The predicted molar refractivity (Wildman–Crippen MR) is 63.1 cm³/mol. The van der Waals surface area contributed by atoms with Crippen LogP contribution in [0, 0.1) is 11.8 Å². The summed E-state index contributed by atoms with van der Waals surface area (Å²) in [4.78, 5) is 27.0. The van der Waals surface area contributed by atoms with Gasteiger partial charge in [0.25, 0.3) is 0 Å². The van der Waals surface area contributed by atoms with Gasteiger partial charge in [-0.15, -0.1) is 0 Å². The third-order valence-electron chi connectivity index (χ3n) is 4.76. The number of nitrogens with one attached hydrogen (secondary N) is 1. The number of amides is 1. The summed E-state index contributed by atoms with van der Waals surface area (Å²) in [5, 5.41) is 11.3. The molecule has 1 amide bonds. The third kappa shape index (κ3) is 2.12. The number of fused-ring (bicyclic) bond motifs is 2. The second kappa shape index (κ2) is 4.76. The number of aliphatic carboxylic acids is 1. The Hall–Kier alpha value is -1.14. The van der Waals surface area contributed by atoms with Gasteiger partial charge in [-0.2, -0.15) is 0 Å². The number of ether oxygens (including phenoxy) is 1. The Kier molecular flexibility index (Phi) is 3.22. The smallest absolute Gasteiger partial charge is 0.229 e. The van der Waals surface area contributed by atoms with Crippen molar-refractivity contribution in [3.63, 3.8) is 0 Å². The lowest BCUT2D eigenvalue weighted by molar-refractivity contribution is -0.883. The normalized spacial score (nSPS) is 38.7. The summed E-state index contributed by atoms with van der Waals surface area (Å²) in [6.45, 7) is 3.25. The minimum Gasteiger partial charge on any atom is -0.550 e. The van der Waals surface area contributed by atoms with Crippen LogP contribution in [0.2, 0.25) is 0 Å². The number of carboxylic acids is 1. The molecule has 0 saturated carbocycles. The van der Waals surface area contributed by atoms with E-state index in [9.17, 15) is 14.7 Å². The van der Waals surface area contributed by atoms with Crippen LogP contribution in [0.4, 0.5) is 0 Å². The number of nitrogens with zero attached hydrogens (tertiary/aromatic N) is 1. The van der Waals surface area contributed by atoms with E-state index in [0.29, 0.717) is 13.1 Å². The molecule has 4 atom stereocenters. The summed E-state index contributed by atoms with van der Waals surface area (Å²) in [5.74, 6) is -2.46. The number of carboxylic acid groups (broad SMARTS) is 1. The molecule has 0 aromatic rings. The number of hydrogen-bond acceptors (Lipinski definition) is 4. The second-order valence-corrected chi connectivity index (χ2v) is 5.94. The SMILES string of the molecule is C[NH+]1CCN(C(=O)[C@@H]2[C@H](C(=O)[O-])[C@@H]3CC[C@H]2O3)CC1. The van der Waals surface area contributed by atoms with E-state index in [4.69, 9.17) is 4.74 Å². The van der Waals surface area contributed by atoms with Gasteiger partial charge < -0.3 is 24.4 Å². The van der Waals surface area contributed by atoms with Crippen LogP contribution in [0.5, 0.6) is 0 Å². The molecule has 2 bridgehead atoms.